The third kappa shape index (κ3) is 2.44. The van der Waals surface area contributed by atoms with Crippen LogP contribution < -0.4 is 15.5 Å². The van der Waals surface area contributed by atoms with Crippen LogP contribution in [-0.4, -0.2) is 22.9 Å². The summed E-state index contributed by atoms with van der Waals surface area (Å²) in [7, 11) is -4.73. The topological polar surface area (TPSA) is 135 Å². The van der Waals surface area contributed by atoms with E-state index in [1.54, 1.807) is 0 Å². The van der Waals surface area contributed by atoms with Crippen LogP contribution >= 0.6 is 0 Å². The van der Waals surface area contributed by atoms with Crippen LogP contribution in [-0.2, 0) is 10.4 Å². The van der Waals surface area contributed by atoms with Crippen LogP contribution in [0.15, 0.2) is 4.79 Å². The summed E-state index contributed by atoms with van der Waals surface area (Å²) in [6, 6.07) is 0. The van der Waals surface area contributed by atoms with Crippen molar-refractivity contribution in [2.45, 2.75) is 6.92 Å². The highest BCUT2D eigenvalue weighted by Crippen LogP contribution is 2.13. The van der Waals surface area contributed by atoms with Gasteiger partial charge in [0, 0.05) is 0 Å². The van der Waals surface area contributed by atoms with Gasteiger partial charge < -0.3 is 14.9 Å². The lowest BCUT2D eigenvalue weighted by molar-refractivity contribution is 0.381. The second-order valence-electron chi connectivity index (χ2n) is 2.38. The highest BCUT2D eigenvalue weighted by atomic mass is 32.3. The maximum atomic E-state index is 11.0. The molecule has 0 aliphatic carbocycles. The number of aromatic nitrogens is 2. The molecule has 8 nitrogen and oxygen atoms in total. The summed E-state index contributed by atoms with van der Waals surface area (Å²) in [5.74, 6) is -0.531. The van der Waals surface area contributed by atoms with Crippen LogP contribution in [0.2, 0.25) is 0 Å². The Hall–Kier alpha value is -1.61. The number of nitrogens with one attached hydrogen (secondary N) is 1. The second kappa shape index (κ2) is 3.27. The van der Waals surface area contributed by atoms with E-state index in [1.807, 2.05) is 0 Å². The Bertz CT molecular complexity index is 505. The highest BCUT2D eigenvalue weighted by molar-refractivity contribution is 7.81. The number of hydrogen-bond donors (Lipinski definition) is 3. The maximum Gasteiger partial charge on any atom is 0.448 e. The molecule has 0 fully saturated rings. The van der Waals surface area contributed by atoms with Gasteiger partial charge in [-0.05, 0) is 6.92 Å². The first-order valence-corrected chi connectivity index (χ1v) is 4.69. The molecule has 1 rings (SSSR count). The molecule has 78 valence electrons. The van der Waals surface area contributed by atoms with Gasteiger partial charge in [-0.2, -0.15) is 13.4 Å². The van der Waals surface area contributed by atoms with Crippen LogP contribution in [0.3, 0.4) is 0 Å². The van der Waals surface area contributed by atoms with E-state index in [0.717, 1.165) is 0 Å². The predicted octanol–water partition coefficient (Wildman–Crippen LogP) is -1.16. The van der Waals surface area contributed by atoms with Gasteiger partial charge in [-0.15, -0.1) is 0 Å². The minimum Gasteiger partial charge on any atom is -0.390 e. The highest BCUT2D eigenvalue weighted by Gasteiger charge is 2.14. The Morgan fingerprint density at radius 1 is 1.57 bits per heavy atom. The van der Waals surface area contributed by atoms with Crippen molar-refractivity contribution in [3.05, 3.63) is 16.2 Å². The van der Waals surface area contributed by atoms with E-state index in [9.17, 15) is 13.2 Å². The number of anilines is 1. The minimum absolute atomic E-state index is 0.114. The monoisotopic (exact) mass is 221 g/mol. The molecule has 0 aromatic carbocycles. The van der Waals surface area contributed by atoms with Crippen molar-refractivity contribution in [1.82, 2.24) is 9.97 Å². The molecule has 0 aliphatic heterocycles. The molecule has 1 aromatic heterocycles. The van der Waals surface area contributed by atoms with E-state index in [2.05, 4.69) is 14.2 Å². The van der Waals surface area contributed by atoms with Gasteiger partial charge in [0.05, 0.1) is 0 Å². The summed E-state index contributed by atoms with van der Waals surface area (Å²) in [6.07, 6.45) is 0. The first kappa shape index (κ1) is 10.5. The summed E-state index contributed by atoms with van der Waals surface area (Å²) >= 11 is 0. The zero-order chi connectivity index (χ0) is 10.9. The van der Waals surface area contributed by atoms with Gasteiger partial charge >= 0.3 is 10.4 Å². The van der Waals surface area contributed by atoms with E-state index in [4.69, 9.17) is 10.3 Å². The number of H-pyrrole nitrogens is 1. The Kier molecular flexibility index (Phi) is 2.45. The van der Waals surface area contributed by atoms with E-state index < -0.39 is 27.5 Å². The summed E-state index contributed by atoms with van der Waals surface area (Å²) in [5.41, 5.74) is 3.89. The van der Waals surface area contributed by atoms with Gasteiger partial charge in [0.1, 0.15) is 5.82 Å². The fraction of sp³-hybridized carbons (Fsp3) is 0.200. The largest absolute Gasteiger partial charge is 0.448 e. The van der Waals surface area contributed by atoms with Gasteiger partial charge in [-0.3, -0.25) is 9.35 Å². The normalized spacial score (nSPS) is 11.3. The summed E-state index contributed by atoms with van der Waals surface area (Å²) in [4.78, 5) is 16.7. The number of nitrogens with zero attached hydrogens (tertiary/aromatic N) is 1. The van der Waals surface area contributed by atoms with E-state index in [0.29, 0.717) is 0 Å². The zero-order valence-corrected chi connectivity index (χ0v) is 7.83. The Balaban J connectivity index is 3.29. The van der Waals surface area contributed by atoms with Gasteiger partial charge in [0.2, 0.25) is 0 Å². The maximum absolute atomic E-state index is 11.0. The third-order valence-corrected chi connectivity index (χ3v) is 1.59. The molecule has 0 saturated heterocycles. The molecule has 1 aromatic rings. The average molecular weight is 221 g/mol. The van der Waals surface area contributed by atoms with Crippen molar-refractivity contribution < 1.29 is 17.2 Å². The lowest BCUT2D eigenvalue weighted by Crippen LogP contribution is -2.18. The van der Waals surface area contributed by atoms with Gasteiger partial charge in [0.25, 0.3) is 11.4 Å². The molecule has 0 atom stereocenters. The lowest BCUT2D eigenvalue weighted by atomic mass is 10.5. The van der Waals surface area contributed by atoms with Crippen molar-refractivity contribution in [2.75, 3.05) is 5.73 Å². The molecule has 9 heteroatoms. The Labute approximate surface area is 78.7 Å². The standard InChI is InChI=1S/C5H7N3O5S/c1-2-7-4(9)3(6)5(8-2)13-14(10,11)12/h6H2,1H3,(H,7,8,9)(H,10,11,12). The fourth-order valence-corrected chi connectivity index (χ4v) is 1.06. The predicted molar refractivity (Wildman–Crippen MR) is 46.2 cm³/mol. The molecule has 0 spiro atoms. The zero-order valence-electron chi connectivity index (χ0n) is 7.01. The lowest BCUT2D eigenvalue weighted by Gasteiger charge is -2.03. The van der Waals surface area contributed by atoms with Crippen molar-refractivity contribution in [1.29, 1.82) is 0 Å². The molecule has 0 amide bonds. The molecule has 0 radical (unpaired) electrons. The summed E-state index contributed by atoms with van der Waals surface area (Å²) < 4.78 is 32.9. The summed E-state index contributed by atoms with van der Waals surface area (Å²) in [6.45, 7) is 1.40. The fourth-order valence-electron chi connectivity index (χ4n) is 0.733. The quantitative estimate of drug-likeness (QED) is 0.536. The van der Waals surface area contributed by atoms with Crippen molar-refractivity contribution >= 4 is 16.1 Å². The van der Waals surface area contributed by atoms with Crippen LogP contribution in [0.5, 0.6) is 5.88 Å². The molecule has 0 saturated carbocycles. The Morgan fingerprint density at radius 3 is 2.64 bits per heavy atom. The number of aromatic amines is 1. The van der Waals surface area contributed by atoms with E-state index >= 15 is 0 Å². The second-order valence-corrected chi connectivity index (χ2v) is 3.40. The minimum atomic E-state index is -4.73. The first-order chi connectivity index (χ1) is 6.29. The molecule has 1 heterocycles. The van der Waals surface area contributed by atoms with Gasteiger partial charge in [-0.25, -0.2) is 0 Å². The third-order valence-electron chi connectivity index (χ3n) is 1.22. The van der Waals surface area contributed by atoms with Crippen LogP contribution in [0.1, 0.15) is 5.82 Å². The smallest absolute Gasteiger partial charge is 0.390 e. The van der Waals surface area contributed by atoms with Crippen molar-refractivity contribution in [3.63, 3.8) is 0 Å². The number of rotatable bonds is 2. The van der Waals surface area contributed by atoms with Crippen molar-refractivity contribution in [3.8, 4) is 5.88 Å². The van der Waals surface area contributed by atoms with E-state index in [1.165, 1.54) is 6.92 Å². The Morgan fingerprint density at radius 2 is 2.14 bits per heavy atom. The number of aryl methyl sites for hydroxylation is 1. The van der Waals surface area contributed by atoms with Crippen LogP contribution in [0.25, 0.3) is 0 Å². The van der Waals surface area contributed by atoms with Crippen LogP contribution in [0.4, 0.5) is 5.69 Å². The molecule has 14 heavy (non-hydrogen) atoms. The number of nitrogen functional groups attached to an aromatic ring is 1. The molecule has 4 N–H and O–H groups in total. The molecule has 0 unspecified atom stereocenters. The summed E-state index contributed by atoms with van der Waals surface area (Å²) in [5, 5.41) is 0. The first-order valence-electron chi connectivity index (χ1n) is 3.33. The van der Waals surface area contributed by atoms with Crippen LogP contribution in [0, 0.1) is 6.92 Å². The van der Waals surface area contributed by atoms with Gasteiger partial charge in [0.15, 0.2) is 5.69 Å². The number of nitrogens with two attached hydrogens (primary N) is 1. The van der Waals surface area contributed by atoms with Gasteiger partial charge in [-0.1, -0.05) is 0 Å². The molecular weight excluding hydrogens is 214 g/mol. The average Bonchev–Trinajstić information content (AvgIpc) is 1.96. The molecule has 0 aliphatic rings. The van der Waals surface area contributed by atoms with Crippen molar-refractivity contribution in [2.24, 2.45) is 0 Å². The molecule has 0 bridgehead atoms. The SMILES string of the molecule is Cc1nc(OS(=O)(=O)O)c(N)c(=O)[nH]1. The molecular formula is C5H7N3O5S. The number of hydrogen-bond acceptors (Lipinski definition) is 6. The van der Waals surface area contributed by atoms with E-state index in [-0.39, 0.29) is 5.82 Å².